The maximum absolute atomic E-state index is 13.2. The molecule has 0 fully saturated rings. The molecule has 1 aliphatic rings. The zero-order chi connectivity index (χ0) is 19.7. The van der Waals surface area contributed by atoms with Gasteiger partial charge in [0, 0.05) is 36.0 Å². The smallest absolute Gasteiger partial charge is 0.273 e. The Hall–Kier alpha value is -2.55. The van der Waals surface area contributed by atoms with Crippen LogP contribution in [0.2, 0.25) is 0 Å². The van der Waals surface area contributed by atoms with Gasteiger partial charge in [-0.3, -0.25) is 14.9 Å². The number of carbonyl (C=O) groups excluding carboxylic acids is 1. The second-order valence-electron chi connectivity index (χ2n) is 6.38. The van der Waals surface area contributed by atoms with Gasteiger partial charge in [0.15, 0.2) is 6.29 Å². The lowest BCUT2D eigenvalue weighted by molar-refractivity contribution is -0.113. The summed E-state index contributed by atoms with van der Waals surface area (Å²) in [5.41, 5.74) is 3.71. The van der Waals surface area contributed by atoms with E-state index in [-0.39, 0.29) is 18.5 Å². The van der Waals surface area contributed by atoms with Crippen molar-refractivity contribution in [2.24, 2.45) is 0 Å². The first-order valence-electron chi connectivity index (χ1n) is 8.75. The first kappa shape index (κ1) is 18.8. The topological polar surface area (TPSA) is 80.3 Å². The van der Waals surface area contributed by atoms with E-state index in [1.54, 1.807) is 25.3 Å². The molecule has 28 heavy (non-hydrogen) atoms. The Labute approximate surface area is 170 Å². The Balaban J connectivity index is 1.83. The molecule has 0 saturated carbocycles. The van der Waals surface area contributed by atoms with Crippen LogP contribution < -0.4 is 0 Å². The summed E-state index contributed by atoms with van der Waals surface area (Å²) in [6.45, 7) is 0.273. The standard InChI is InChI=1S/C20H19BrN4O3/c1-27-15(28-2)11-25-19(14-5-3-4-10-22-14)16-17(23-24-18(16)20(25)26)12-6-8-13(21)9-7-12/h3-10,15,19H,11H2,1-2H3,(H,23,24). The molecule has 3 heterocycles. The molecule has 1 aromatic carbocycles. The third-order valence-electron chi connectivity index (χ3n) is 4.82. The van der Waals surface area contributed by atoms with Crippen molar-refractivity contribution in [1.82, 2.24) is 20.1 Å². The van der Waals surface area contributed by atoms with E-state index in [4.69, 9.17) is 9.47 Å². The Kier molecular flexibility index (Phi) is 5.25. The molecule has 3 aromatic rings. The lowest BCUT2D eigenvalue weighted by Crippen LogP contribution is -2.38. The number of benzene rings is 1. The molecular formula is C20H19BrN4O3. The Morgan fingerprint density at radius 3 is 2.57 bits per heavy atom. The van der Waals surface area contributed by atoms with E-state index >= 15 is 0 Å². The molecule has 8 heteroatoms. The number of aromatic amines is 1. The highest BCUT2D eigenvalue weighted by Gasteiger charge is 2.43. The summed E-state index contributed by atoms with van der Waals surface area (Å²) >= 11 is 3.45. The van der Waals surface area contributed by atoms with Crippen LogP contribution in [0.25, 0.3) is 11.3 Å². The fourth-order valence-electron chi connectivity index (χ4n) is 3.46. The summed E-state index contributed by atoms with van der Waals surface area (Å²) in [7, 11) is 3.11. The van der Waals surface area contributed by atoms with Crippen LogP contribution in [-0.2, 0) is 9.47 Å². The van der Waals surface area contributed by atoms with E-state index in [0.29, 0.717) is 5.69 Å². The van der Waals surface area contributed by atoms with Gasteiger partial charge in [-0.05, 0) is 24.3 Å². The highest BCUT2D eigenvalue weighted by atomic mass is 79.9. The zero-order valence-corrected chi connectivity index (χ0v) is 17.0. The number of rotatable bonds is 6. The van der Waals surface area contributed by atoms with Gasteiger partial charge in [-0.25, -0.2) is 0 Å². The molecule has 1 atom stereocenters. The van der Waals surface area contributed by atoms with Crippen LogP contribution in [0.1, 0.15) is 27.8 Å². The molecule has 0 bridgehead atoms. The van der Waals surface area contributed by atoms with Gasteiger partial charge in [-0.2, -0.15) is 5.10 Å². The number of amides is 1. The first-order valence-corrected chi connectivity index (χ1v) is 9.55. The lowest BCUT2D eigenvalue weighted by atomic mass is 9.99. The number of hydrogen-bond acceptors (Lipinski definition) is 5. The molecule has 1 unspecified atom stereocenters. The minimum Gasteiger partial charge on any atom is -0.354 e. The van der Waals surface area contributed by atoms with Crippen molar-refractivity contribution in [3.63, 3.8) is 0 Å². The fourth-order valence-corrected chi connectivity index (χ4v) is 3.73. The second kappa shape index (κ2) is 7.83. The zero-order valence-electron chi connectivity index (χ0n) is 15.4. The van der Waals surface area contributed by atoms with Crippen LogP contribution in [0, 0.1) is 0 Å². The number of H-pyrrole nitrogens is 1. The normalized spacial score (nSPS) is 16.1. The molecule has 0 spiro atoms. The number of halogens is 1. The van der Waals surface area contributed by atoms with Gasteiger partial charge < -0.3 is 14.4 Å². The highest BCUT2D eigenvalue weighted by molar-refractivity contribution is 9.10. The number of aromatic nitrogens is 3. The van der Waals surface area contributed by atoms with E-state index in [1.165, 1.54) is 0 Å². The van der Waals surface area contributed by atoms with Crippen molar-refractivity contribution >= 4 is 21.8 Å². The van der Waals surface area contributed by atoms with Crippen LogP contribution in [0.15, 0.2) is 53.1 Å². The average molecular weight is 443 g/mol. The van der Waals surface area contributed by atoms with Crippen LogP contribution in [-0.4, -0.2) is 53.0 Å². The first-order chi connectivity index (χ1) is 13.6. The molecule has 0 aliphatic carbocycles. The highest BCUT2D eigenvalue weighted by Crippen LogP contribution is 2.42. The molecule has 1 aliphatic heterocycles. The Morgan fingerprint density at radius 1 is 1.18 bits per heavy atom. The summed E-state index contributed by atoms with van der Waals surface area (Å²) < 4.78 is 11.6. The molecule has 0 saturated heterocycles. The maximum Gasteiger partial charge on any atom is 0.273 e. The summed E-state index contributed by atoms with van der Waals surface area (Å²) in [6.07, 6.45) is 1.18. The quantitative estimate of drug-likeness (QED) is 0.591. The van der Waals surface area contributed by atoms with E-state index in [0.717, 1.165) is 27.0 Å². The maximum atomic E-state index is 13.2. The minimum absolute atomic E-state index is 0.152. The number of ether oxygens (including phenoxy) is 2. The van der Waals surface area contributed by atoms with Gasteiger partial charge in [0.2, 0.25) is 0 Å². The number of pyridine rings is 1. The third kappa shape index (κ3) is 3.23. The summed E-state index contributed by atoms with van der Waals surface area (Å²) in [5, 5.41) is 7.37. The minimum atomic E-state index is -0.539. The van der Waals surface area contributed by atoms with Crippen LogP contribution in [0.4, 0.5) is 0 Å². The SMILES string of the molecule is COC(CN1C(=O)c2[nH]nc(-c3ccc(Br)cc3)c2C1c1ccccn1)OC. The van der Waals surface area contributed by atoms with E-state index in [1.807, 2.05) is 42.5 Å². The van der Waals surface area contributed by atoms with Crippen molar-refractivity contribution in [3.8, 4) is 11.3 Å². The molecule has 1 N–H and O–H groups in total. The van der Waals surface area contributed by atoms with Gasteiger partial charge in [0.25, 0.3) is 5.91 Å². The summed E-state index contributed by atoms with van der Waals surface area (Å²) in [4.78, 5) is 19.4. The van der Waals surface area contributed by atoms with Crippen molar-refractivity contribution in [3.05, 3.63) is 70.1 Å². The Bertz CT molecular complexity index is 971. The van der Waals surface area contributed by atoms with Crippen molar-refractivity contribution in [2.45, 2.75) is 12.3 Å². The number of carbonyl (C=O) groups is 1. The lowest BCUT2D eigenvalue weighted by Gasteiger charge is -2.28. The van der Waals surface area contributed by atoms with Crippen LogP contribution in [0.5, 0.6) is 0 Å². The number of hydrogen-bond donors (Lipinski definition) is 1. The number of methoxy groups -OCH3 is 2. The Morgan fingerprint density at radius 2 is 1.93 bits per heavy atom. The van der Waals surface area contributed by atoms with Gasteiger partial charge in [0.05, 0.1) is 17.9 Å². The summed E-state index contributed by atoms with van der Waals surface area (Å²) in [5.74, 6) is -0.152. The molecule has 7 nitrogen and oxygen atoms in total. The molecule has 144 valence electrons. The largest absolute Gasteiger partial charge is 0.354 e. The number of nitrogens with one attached hydrogen (secondary N) is 1. The van der Waals surface area contributed by atoms with Gasteiger partial charge >= 0.3 is 0 Å². The predicted molar refractivity (Wildman–Crippen MR) is 107 cm³/mol. The fraction of sp³-hybridized carbons (Fsp3) is 0.250. The molecule has 2 aromatic heterocycles. The number of fused-ring (bicyclic) bond motifs is 1. The van der Waals surface area contributed by atoms with Crippen molar-refractivity contribution < 1.29 is 14.3 Å². The van der Waals surface area contributed by atoms with Gasteiger partial charge in [0.1, 0.15) is 11.7 Å². The van der Waals surface area contributed by atoms with Crippen molar-refractivity contribution in [1.29, 1.82) is 0 Å². The van der Waals surface area contributed by atoms with E-state index < -0.39 is 6.29 Å². The number of nitrogens with zero attached hydrogens (tertiary/aromatic N) is 3. The van der Waals surface area contributed by atoms with E-state index in [2.05, 4.69) is 31.1 Å². The van der Waals surface area contributed by atoms with Crippen LogP contribution >= 0.6 is 15.9 Å². The van der Waals surface area contributed by atoms with Gasteiger partial charge in [-0.1, -0.05) is 34.1 Å². The van der Waals surface area contributed by atoms with Gasteiger partial charge in [-0.15, -0.1) is 0 Å². The molecule has 0 radical (unpaired) electrons. The molecular weight excluding hydrogens is 424 g/mol. The monoisotopic (exact) mass is 442 g/mol. The van der Waals surface area contributed by atoms with Crippen LogP contribution in [0.3, 0.4) is 0 Å². The predicted octanol–water partition coefficient (Wildman–Crippen LogP) is 3.40. The van der Waals surface area contributed by atoms with Crippen molar-refractivity contribution in [2.75, 3.05) is 20.8 Å². The van der Waals surface area contributed by atoms with E-state index in [9.17, 15) is 4.79 Å². The molecule has 1 amide bonds. The third-order valence-corrected chi connectivity index (χ3v) is 5.35. The summed E-state index contributed by atoms with van der Waals surface area (Å²) in [6, 6.07) is 13.1. The second-order valence-corrected chi connectivity index (χ2v) is 7.30. The molecule has 4 rings (SSSR count). The average Bonchev–Trinajstić information content (AvgIpc) is 3.26.